The third kappa shape index (κ3) is 8.31. The average Bonchev–Trinajstić information content (AvgIpc) is 2.89. The van der Waals surface area contributed by atoms with Crippen LogP contribution in [0.25, 0.3) is 0 Å². The first-order chi connectivity index (χ1) is 19.3. The minimum Gasteiger partial charge on any atom is -0.492 e. The second-order valence-electron chi connectivity index (χ2n) is 11.1. The van der Waals surface area contributed by atoms with Gasteiger partial charge >= 0.3 is 0 Å². The molecule has 0 atom stereocenters. The van der Waals surface area contributed by atoms with Gasteiger partial charge < -0.3 is 20.1 Å². The lowest BCUT2D eigenvalue weighted by Gasteiger charge is -2.24. The van der Waals surface area contributed by atoms with E-state index >= 15 is 0 Å². The van der Waals surface area contributed by atoms with E-state index in [2.05, 4.69) is 25.3 Å². The molecule has 1 aliphatic rings. The van der Waals surface area contributed by atoms with Crippen LogP contribution in [-0.2, 0) is 21.9 Å². The van der Waals surface area contributed by atoms with Crippen LogP contribution in [-0.4, -0.2) is 50.7 Å². The fourth-order valence-electron chi connectivity index (χ4n) is 4.56. The van der Waals surface area contributed by atoms with Crippen LogP contribution < -0.4 is 24.8 Å². The Morgan fingerprint density at radius 2 is 1.83 bits per heavy atom. The van der Waals surface area contributed by atoms with Gasteiger partial charge in [0, 0.05) is 24.2 Å². The summed E-state index contributed by atoms with van der Waals surface area (Å²) < 4.78 is 38.0. The Balaban J connectivity index is 1.58. The number of carbonyl (C=O) groups excluding carboxylic acids is 1. The standard InChI is InChI=1S/C29H36ClN5O5S/c1-29(2,3)20-16-22(27(39-4)23(17-20)35-41(5,37)38)33-28(36)19-6-7-21(30)24(15-19)40-26-10-13-32-25(34-26)14-18-8-11-31-12-9-18/h6-7,10,13,15-18,31,35H,8-9,11-12,14H2,1-5H3,(H,33,36). The number of halogens is 1. The van der Waals surface area contributed by atoms with E-state index in [1.165, 1.54) is 13.2 Å². The van der Waals surface area contributed by atoms with E-state index in [0.29, 0.717) is 28.3 Å². The second kappa shape index (κ2) is 12.6. The van der Waals surface area contributed by atoms with Crippen molar-refractivity contribution in [1.29, 1.82) is 0 Å². The maximum absolute atomic E-state index is 13.4. The molecule has 0 aliphatic carbocycles. The molecule has 220 valence electrons. The number of aromatic nitrogens is 2. The molecule has 4 rings (SSSR count). The third-order valence-electron chi connectivity index (χ3n) is 6.72. The van der Waals surface area contributed by atoms with Gasteiger partial charge in [0.2, 0.25) is 15.9 Å². The first-order valence-electron chi connectivity index (χ1n) is 13.3. The van der Waals surface area contributed by atoms with E-state index in [9.17, 15) is 13.2 Å². The summed E-state index contributed by atoms with van der Waals surface area (Å²) in [5.41, 5.74) is 1.26. The molecule has 41 heavy (non-hydrogen) atoms. The molecule has 1 saturated heterocycles. The van der Waals surface area contributed by atoms with E-state index in [4.69, 9.17) is 21.1 Å². The number of methoxy groups -OCH3 is 1. The van der Waals surface area contributed by atoms with Crippen molar-refractivity contribution in [2.45, 2.75) is 45.4 Å². The van der Waals surface area contributed by atoms with E-state index in [-0.39, 0.29) is 28.2 Å². The van der Waals surface area contributed by atoms with Crippen LogP contribution in [0, 0.1) is 5.92 Å². The van der Waals surface area contributed by atoms with Gasteiger partial charge in [-0.05, 0) is 73.2 Å². The van der Waals surface area contributed by atoms with Crippen LogP contribution >= 0.6 is 11.6 Å². The van der Waals surface area contributed by atoms with Crippen molar-refractivity contribution in [1.82, 2.24) is 15.3 Å². The molecule has 2 aromatic carbocycles. The van der Waals surface area contributed by atoms with Crippen molar-refractivity contribution in [3.63, 3.8) is 0 Å². The molecule has 3 N–H and O–H groups in total. The third-order valence-corrected chi connectivity index (χ3v) is 7.62. The molecule has 3 aromatic rings. The smallest absolute Gasteiger partial charge is 0.255 e. The summed E-state index contributed by atoms with van der Waals surface area (Å²) in [4.78, 5) is 22.3. The molecular formula is C29H36ClN5O5S. The highest BCUT2D eigenvalue weighted by Crippen LogP contribution is 2.39. The number of hydrogen-bond donors (Lipinski definition) is 3. The zero-order valence-corrected chi connectivity index (χ0v) is 25.4. The molecular weight excluding hydrogens is 566 g/mol. The van der Waals surface area contributed by atoms with Gasteiger partial charge in [-0.2, -0.15) is 4.98 Å². The Bertz CT molecular complexity index is 1520. The summed E-state index contributed by atoms with van der Waals surface area (Å²) in [7, 11) is -2.20. The number of amides is 1. The lowest BCUT2D eigenvalue weighted by Crippen LogP contribution is -2.29. The van der Waals surface area contributed by atoms with E-state index in [0.717, 1.165) is 44.2 Å². The van der Waals surface area contributed by atoms with Crippen molar-refractivity contribution >= 4 is 38.9 Å². The van der Waals surface area contributed by atoms with Crippen LogP contribution in [0.4, 0.5) is 11.4 Å². The van der Waals surface area contributed by atoms with Crippen LogP contribution in [0.2, 0.25) is 5.02 Å². The number of hydrogen-bond acceptors (Lipinski definition) is 8. The van der Waals surface area contributed by atoms with Crippen LogP contribution in [0.5, 0.6) is 17.4 Å². The number of sulfonamides is 1. The van der Waals surface area contributed by atoms with Crippen LogP contribution in [0.3, 0.4) is 0 Å². The molecule has 12 heteroatoms. The molecule has 1 aromatic heterocycles. The van der Waals surface area contributed by atoms with Gasteiger partial charge in [0.1, 0.15) is 11.6 Å². The Labute approximate surface area is 246 Å². The lowest BCUT2D eigenvalue weighted by molar-refractivity contribution is 0.102. The fraction of sp³-hybridized carbons (Fsp3) is 0.414. The van der Waals surface area contributed by atoms with Gasteiger partial charge in [0.15, 0.2) is 5.75 Å². The van der Waals surface area contributed by atoms with Gasteiger partial charge in [-0.1, -0.05) is 32.4 Å². The molecule has 1 fully saturated rings. The summed E-state index contributed by atoms with van der Waals surface area (Å²) in [5.74, 6) is 1.54. The van der Waals surface area contributed by atoms with E-state index in [1.807, 2.05) is 20.8 Å². The summed E-state index contributed by atoms with van der Waals surface area (Å²) in [6, 6.07) is 9.79. The van der Waals surface area contributed by atoms with Gasteiger partial charge in [-0.3, -0.25) is 9.52 Å². The predicted octanol–water partition coefficient (Wildman–Crippen LogP) is 5.39. The molecule has 0 unspecified atom stereocenters. The minimum absolute atomic E-state index is 0.185. The summed E-state index contributed by atoms with van der Waals surface area (Å²) in [6.07, 6.45) is 5.62. The Morgan fingerprint density at radius 3 is 2.49 bits per heavy atom. The number of ether oxygens (including phenoxy) is 2. The first kappa shape index (κ1) is 30.5. The molecule has 1 amide bonds. The van der Waals surface area contributed by atoms with Crippen molar-refractivity contribution in [3.05, 3.63) is 64.6 Å². The Kier molecular flexibility index (Phi) is 9.41. The zero-order chi connectivity index (χ0) is 29.8. The highest BCUT2D eigenvalue weighted by molar-refractivity contribution is 7.92. The molecule has 0 spiro atoms. The van der Waals surface area contributed by atoms with Crippen molar-refractivity contribution in [2.24, 2.45) is 5.92 Å². The number of anilines is 2. The average molecular weight is 602 g/mol. The maximum Gasteiger partial charge on any atom is 0.255 e. The second-order valence-corrected chi connectivity index (χ2v) is 13.3. The number of nitrogens with zero attached hydrogens (tertiary/aromatic N) is 2. The molecule has 2 heterocycles. The molecule has 0 radical (unpaired) electrons. The van der Waals surface area contributed by atoms with E-state index < -0.39 is 15.9 Å². The van der Waals surface area contributed by atoms with Gasteiger partial charge in [-0.25, -0.2) is 13.4 Å². The minimum atomic E-state index is -3.61. The topological polar surface area (TPSA) is 132 Å². The first-order valence-corrected chi connectivity index (χ1v) is 15.6. The normalized spacial score (nSPS) is 14.4. The monoisotopic (exact) mass is 601 g/mol. The van der Waals surface area contributed by atoms with Crippen molar-refractivity contribution < 1.29 is 22.7 Å². The SMILES string of the molecule is COc1c(NC(=O)c2ccc(Cl)c(Oc3ccnc(CC4CCNCC4)n3)c2)cc(C(C)(C)C)cc1NS(C)(=O)=O. The van der Waals surface area contributed by atoms with E-state index in [1.54, 1.807) is 36.5 Å². The number of piperidine rings is 1. The van der Waals surface area contributed by atoms with Crippen molar-refractivity contribution in [2.75, 3.05) is 36.5 Å². The van der Waals surface area contributed by atoms with Gasteiger partial charge in [-0.15, -0.1) is 0 Å². The largest absolute Gasteiger partial charge is 0.492 e. The zero-order valence-electron chi connectivity index (χ0n) is 23.9. The highest BCUT2D eigenvalue weighted by Gasteiger charge is 2.23. The lowest BCUT2D eigenvalue weighted by atomic mass is 9.86. The summed E-state index contributed by atoms with van der Waals surface area (Å²) in [6.45, 7) is 7.94. The molecule has 0 saturated carbocycles. The molecule has 10 nitrogen and oxygen atoms in total. The number of rotatable bonds is 9. The maximum atomic E-state index is 13.4. The quantitative estimate of drug-likeness (QED) is 0.297. The predicted molar refractivity (Wildman–Crippen MR) is 161 cm³/mol. The van der Waals surface area contributed by atoms with Crippen LogP contribution in [0.15, 0.2) is 42.6 Å². The number of benzene rings is 2. The number of nitrogens with one attached hydrogen (secondary N) is 3. The molecule has 1 aliphatic heterocycles. The summed E-state index contributed by atoms with van der Waals surface area (Å²) in [5, 5.41) is 6.53. The van der Waals surface area contributed by atoms with Crippen molar-refractivity contribution in [3.8, 4) is 17.4 Å². The number of carbonyl (C=O) groups is 1. The van der Waals surface area contributed by atoms with Crippen LogP contribution in [0.1, 0.15) is 55.4 Å². The summed E-state index contributed by atoms with van der Waals surface area (Å²) >= 11 is 6.42. The Morgan fingerprint density at radius 1 is 1.12 bits per heavy atom. The highest BCUT2D eigenvalue weighted by atomic mass is 35.5. The van der Waals surface area contributed by atoms with Gasteiger partial charge in [0.05, 0.1) is 29.8 Å². The fourth-order valence-corrected chi connectivity index (χ4v) is 5.27. The Hall–Kier alpha value is -3.41. The van der Waals surface area contributed by atoms with Gasteiger partial charge in [0.25, 0.3) is 5.91 Å². The molecule has 0 bridgehead atoms.